The molecule has 3 aliphatic rings. The van der Waals surface area contributed by atoms with Crippen LogP contribution in [0.1, 0.15) is 50.1 Å². The minimum absolute atomic E-state index is 0.0127. The highest BCUT2D eigenvalue weighted by Gasteiger charge is 2.38. The molecule has 0 aromatic heterocycles. The normalized spacial score (nSPS) is 27.7. The zero-order valence-electron chi connectivity index (χ0n) is 16.1. The molecule has 2 saturated heterocycles. The van der Waals surface area contributed by atoms with Crippen molar-refractivity contribution in [1.29, 1.82) is 0 Å². The van der Waals surface area contributed by atoms with E-state index in [1.54, 1.807) is 0 Å². The number of rotatable bonds is 6. The number of amides is 1. The quantitative estimate of drug-likeness (QED) is 0.834. The summed E-state index contributed by atoms with van der Waals surface area (Å²) in [6.07, 6.45) is 5.76. The van der Waals surface area contributed by atoms with Crippen LogP contribution < -0.4 is 0 Å². The molecule has 0 spiro atoms. The molecule has 2 atom stereocenters. The molecule has 0 bridgehead atoms. The molecule has 1 aromatic rings. The Balaban J connectivity index is 1.48. The molecule has 2 aliphatic heterocycles. The molecule has 3 fully saturated rings. The molecule has 27 heavy (non-hydrogen) atoms. The first-order chi connectivity index (χ1) is 13.2. The number of ether oxygens (including phenoxy) is 1. The van der Waals surface area contributed by atoms with Crippen LogP contribution in [0.5, 0.6) is 0 Å². The van der Waals surface area contributed by atoms with Gasteiger partial charge in [-0.2, -0.15) is 0 Å². The van der Waals surface area contributed by atoms with Gasteiger partial charge >= 0.3 is 0 Å². The molecule has 0 unspecified atom stereocenters. The fourth-order valence-electron chi connectivity index (χ4n) is 4.44. The number of carbonyl (C=O) groups is 1. The number of hydrogen-bond acceptors (Lipinski definition) is 4. The van der Waals surface area contributed by atoms with Crippen LogP contribution in [0.3, 0.4) is 0 Å². The summed E-state index contributed by atoms with van der Waals surface area (Å²) in [5, 5.41) is 9.78. The third-order valence-electron chi connectivity index (χ3n) is 6.27. The number of hydrogen-bond donors (Lipinski definition) is 1. The number of morpholine rings is 1. The zero-order valence-corrected chi connectivity index (χ0v) is 16.1. The summed E-state index contributed by atoms with van der Waals surface area (Å²) in [7, 11) is 0. The van der Waals surface area contributed by atoms with Crippen LogP contribution in [0, 0.1) is 5.92 Å². The van der Waals surface area contributed by atoms with Gasteiger partial charge in [-0.1, -0.05) is 43.2 Å². The van der Waals surface area contributed by atoms with Crippen LogP contribution in [-0.2, 0) is 9.53 Å². The van der Waals surface area contributed by atoms with Gasteiger partial charge in [-0.25, -0.2) is 0 Å². The van der Waals surface area contributed by atoms with E-state index < -0.39 is 0 Å². The number of benzene rings is 1. The van der Waals surface area contributed by atoms with Crippen molar-refractivity contribution in [2.24, 2.45) is 5.92 Å². The van der Waals surface area contributed by atoms with Crippen LogP contribution in [0.4, 0.5) is 0 Å². The molecule has 1 amide bonds. The Labute approximate surface area is 162 Å². The van der Waals surface area contributed by atoms with Gasteiger partial charge in [-0.3, -0.25) is 4.79 Å². The maximum atomic E-state index is 13.0. The topological polar surface area (TPSA) is 53.0 Å². The molecule has 4 rings (SSSR count). The van der Waals surface area contributed by atoms with E-state index in [-0.39, 0.29) is 24.2 Å². The Morgan fingerprint density at radius 2 is 1.81 bits per heavy atom. The van der Waals surface area contributed by atoms with Crippen molar-refractivity contribution in [3.05, 3.63) is 35.9 Å². The van der Waals surface area contributed by atoms with Gasteiger partial charge in [0.15, 0.2) is 0 Å². The number of likely N-dealkylation sites (tertiary alicyclic amines) is 1. The lowest BCUT2D eigenvalue weighted by Gasteiger charge is -2.44. The lowest BCUT2D eigenvalue weighted by molar-refractivity contribution is -0.149. The molecular weight excluding hydrogens is 340 g/mol. The Morgan fingerprint density at radius 3 is 2.52 bits per heavy atom. The highest BCUT2D eigenvalue weighted by molar-refractivity contribution is 5.77. The van der Waals surface area contributed by atoms with Crippen molar-refractivity contribution in [2.75, 3.05) is 32.8 Å². The van der Waals surface area contributed by atoms with Crippen molar-refractivity contribution >= 4 is 5.91 Å². The van der Waals surface area contributed by atoms with E-state index >= 15 is 0 Å². The second-order valence-electron chi connectivity index (χ2n) is 8.37. The first-order valence-electron chi connectivity index (χ1n) is 10.6. The zero-order chi connectivity index (χ0) is 18.6. The van der Waals surface area contributed by atoms with E-state index in [0.29, 0.717) is 19.6 Å². The molecule has 5 heteroatoms. The van der Waals surface area contributed by atoms with Crippen molar-refractivity contribution in [3.8, 4) is 0 Å². The van der Waals surface area contributed by atoms with Gasteiger partial charge in [0.1, 0.15) is 0 Å². The first-order valence-corrected chi connectivity index (χ1v) is 10.6. The van der Waals surface area contributed by atoms with Gasteiger partial charge in [0, 0.05) is 32.6 Å². The fraction of sp³-hybridized carbons (Fsp3) is 0.682. The first kappa shape index (κ1) is 18.9. The van der Waals surface area contributed by atoms with Crippen LogP contribution in [-0.4, -0.2) is 65.8 Å². The molecule has 5 nitrogen and oxygen atoms in total. The number of nitrogens with zero attached hydrogens (tertiary/aromatic N) is 2. The minimum Gasteiger partial charge on any atom is -0.393 e. The standard InChI is InChI=1S/C22H32N2O3/c25-19-10-12-23(13-11-19)16-20-22(18-4-2-1-3-5-18)24(14-15-27-20)21(26)9-8-17-6-7-17/h1-5,17,19-20,22,25H,6-16H2/t20-,22-/m0/s1. The van der Waals surface area contributed by atoms with Gasteiger partial charge in [-0.15, -0.1) is 0 Å². The van der Waals surface area contributed by atoms with Crippen LogP contribution in [0.15, 0.2) is 30.3 Å². The molecule has 1 N–H and O–H groups in total. The molecule has 1 aliphatic carbocycles. The van der Waals surface area contributed by atoms with Gasteiger partial charge in [-0.05, 0) is 30.7 Å². The minimum atomic E-state index is -0.168. The van der Waals surface area contributed by atoms with Crippen molar-refractivity contribution < 1.29 is 14.6 Å². The van der Waals surface area contributed by atoms with Crippen LogP contribution in [0.2, 0.25) is 0 Å². The summed E-state index contributed by atoms with van der Waals surface area (Å²) in [6, 6.07) is 10.3. The summed E-state index contributed by atoms with van der Waals surface area (Å²) in [5.74, 6) is 1.05. The summed E-state index contributed by atoms with van der Waals surface area (Å²) < 4.78 is 6.19. The SMILES string of the molecule is O=C(CCC1CC1)N1CCO[C@@H](CN2CCC(O)CC2)[C@@H]1c1ccccc1. The fourth-order valence-corrected chi connectivity index (χ4v) is 4.44. The maximum absolute atomic E-state index is 13.0. The Hall–Kier alpha value is -1.43. The second-order valence-corrected chi connectivity index (χ2v) is 8.37. The molecular formula is C22H32N2O3. The number of aliphatic hydroxyl groups excluding tert-OH is 1. The molecule has 2 heterocycles. The average Bonchev–Trinajstić information content (AvgIpc) is 3.53. The van der Waals surface area contributed by atoms with Gasteiger partial charge in [0.25, 0.3) is 0 Å². The predicted octanol–water partition coefficient (Wildman–Crippen LogP) is 2.60. The average molecular weight is 373 g/mol. The summed E-state index contributed by atoms with van der Waals surface area (Å²) in [5.41, 5.74) is 1.17. The van der Waals surface area contributed by atoms with E-state index in [9.17, 15) is 9.90 Å². The van der Waals surface area contributed by atoms with E-state index in [1.807, 2.05) is 18.2 Å². The monoisotopic (exact) mass is 372 g/mol. The molecule has 1 saturated carbocycles. The number of aliphatic hydroxyl groups is 1. The van der Waals surface area contributed by atoms with E-state index in [0.717, 1.165) is 44.8 Å². The Morgan fingerprint density at radius 1 is 1.07 bits per heavy atom. The van der Waals surface area contributed by atoms with Crippen LogP contribution in [0.25, 0.3) is 0 Å². The third kappa shape index (κ3) is 4.89. The highest BCUT2D eigenvalue weighted by atomic mass is 16.5. The van der Waals surface area contributed by atoms with Gasteiger partial charge < -0.3 is 19.6 Å². The van der Waals surface area contributed by atoms with Crippen molar-refractivity contribution in [3.63, 3.8) is 0 Å². The Kier molecular flexibility index (Phi) is 6.11. The maximum Gasteiger partial charge on any atom is 0.223 e. The van der Waals surface area contributed by atoms with Crippen molar-refractivity contribution in [2.45, 2.75) is 56.8 Å². The summed E-state index contributed by atoms with van der Waals surface area (Å²) in [6.45, 7) is 3.91. The van der Waals surface area contributed by atoms with Crippen molar-refractivity contribution in [1.82, 2.24) is 9.80 Å². The summed E-state index contributed by atoms with van der Waals surface area (Å²) >= 11 is 0. The lowest BCUT2D eigenvalue weighted by atomic mass is 9.96. The lowest BCUT2D eigenvalue weighted by Crippen LogP contribution is -2.52. The van der Waals surface area contributed by atoms with Gasteiger partial charge in [0.2, 0.25) is 5.91 Å². The van der Waals surface area contributed by atoms with E-state index in [1.165, 1.54) is 18.4 Å². The smallest absolute Gasteiger partial charge is 0.223 e. The third-order valence-corrected chi connectivity index (χ3v) is 6.27. The molecule has 0 radical (unpaired) electrons. The predicted molar refractivity (Wildman–Crippen MR) is 104 cm³/mol. The van der Waals surface area contributed by atoms with E-state index in [4.69, 9.17) is 4.74 Å². The number of piperidine rings is 1. The van der Waals surface area contributed by atoms with Gasteiger partial charge in [0.05, 0.1) is 24.9 Å². The summed E-state index contributed by atoms with van der Waals surface area (Å²) in [4.78, 5) is 17.5. The molecule has 148 valence electrons. The van der Waals surface area contributed by atoms with Crippen LogP contribution >= 0.6 is 0 Å². The number of carbonyl (C=O) groups excluding carboxylic acids is 1. The highest BCUT2D eigenvalue weighted by Crippen LogP contribution is 2.35. The Bertz CT molecular complexity index is 611. The largest absolute Gasteiger partial charge is 0.393 e. The molecule has 1 aromatic carbocycles. The van der Waals surface area contributed by atoms with E-state index in [2.05, 4.69) is 21.9 Å². The second kappa shape index (κ2) is 8.72.